The van der Waals surface area contributed by atoms with Crippen molar-refractivity contribution in [2.75, 3.05) is 31.6 Å². The molecule has 0 aliphatic carbocycles. The maximum absolute atomic E-state index is 12.5. The molecule has 4 rings (SSSR count). The summed E-state index contributed by atoms with van der Waals surface area (Å²) < 4.78 is 5.65. The molecule has 0 bridgehead atoms. The lowest BCUT2D eigenvalue weighted by Crippen LogP contribution is -2.53. The van der Waals surface area contributed by atoms with Crippen LogP contribution >= 0.6 is 0 Å². The predicted octanol–water partition coefficient (Wildman–Crippen LogP) is 2.45. The minimum absolute atomic E-state index is 0.0314. The summed E-state index contributed by atoms with van der Waals surface area (Å²) in [6.45, 7) is 3.46. The molecule has 1 aromatic heterocycles. The monoisotopic (exact) mass is 355 g/mol. The van der Waals surface area contributed by atoms with Crippen molar-refractivity contribution < 1.29 is 9.53 Å². The molecule has 2 saturated heterocycles. The first-order valence-corrected chi connectivity index (χ1v) is 9.29. The van der Waals surface area contributed by atoms with E-state index in [2.05, 4.69) is 25.7 Å². The Morgan fingerprint density at radius 3 is 2.88 bits per heavy atom. The molecule has 1 aromatic carbocycles. The van der Waals surface area contributed by atoms with E-state index in [9.17, 15) is 4.79 Å². The van der Waals surface area contributed by atoms with Crippen LogP contribution in [0, 0.1) is 0 Å². The highest BCUT2D eigenvalue weighted by atomic mass is 16.5. The van der Waals surface area contributed by atoms with Gasteiger partial charge >= 0.3 is 6.03 Å². The van der Waals surface area contributed by atoms with Gasteiger partial charge in [-0.3, -0.25) is 10.00 Å². The Balaban J connectivity index is 1.37. The lowest BCUT2D eigenvalue weighted by Gasteiger charge is -2.34. The number of rotatable bonds is 4. The van der Waals surface area contributed by atoms with Crippen molar-refractivity contribution in [2.45, 2.75) is 31.3 Å². The molecule has 0 radical (unpaired) electrons. The molecular formula is C19H25N5O2. The minimum Gasteiger partial charge on any atom is -0.378 e. The number of carbonyl (C=O) groups excluding carboxylic acids is 1. The molecule has 3 heterocycles. The minimum atomic E-state index is -0.190. The van der Waals surface area contributed by atoms with E-state index in [1.165, 1.54) is 19.3 Å². The summed E-state index contributed by atoms with van der Waals surface area (Å²) in [4.78, 5) is 14.9. The Kier molecular flexibility index (Phi) is 5.17. The number of urea groups is 1. The van der Waals surface area contributed by atoms with E-state index in [0.29, 0.717) is 13.2 Å². The van der Waals surface area contributed by atoms with Crippen molar-refractivity contribution in [3.8, 4) is 11.3 Å². The fraction of sp³-hybridized carbons (Fsp3) is 0.474. The number of benzene rings is 1. The summed E-state index contributed by atoms with van der Waals surface area (Å²) in [5.74, 6) is 0. The van der Waals surface area contributed by atoms with Crippen LogP contribution in [0.3, 0.4) is 0 Å². The largest absolute Gasteiger partial charge is 0.378 e. The van der Waals surface area contributed by atoms with Gasteiger partial charge in [-0.05, 0) is 44.1 Å². The van der Waals surface area contributed by atoms with Gasteiger partial charge in [0.2, 0.25) is 0 Å². The first-order chi connectivity index (χ1) is 12.8. The Morgan fingerprint density at radius 2 is 2.08 bits per heavy atom. The van der Waals surface area contributed by atoms with Crippen LogP contribution < -0.4 is 10.6 Å². The van der Waals surface area contributed by atoms with E-state index in [1.54, 1.807) is 6.20 Å². The number of hydrogen-bond acceptors (Lipinski definition) is 4. The molecule has 0 spiro atoms. The smallest absolute Gasteiger partial charge is 0.319 e. The topological polar surface area (TPSA) is 82.3 Å². The molecule has 138 valence electrons. The van der Waals surface area contributed by atoms with Crippen molar-refractivity contribution in [1.82, 2.24) is 20.4 Å². The van der Waals surface area contributed by atoms with Gasteiger partial charge in [0, 0.05) is 17.4 Å². The fourth-order valence-corrected chi connectivity index (χ4v) is 3.81. The molecular weight excluding hydrogens is 330 g/mol. The molecule has 2 aliphatic heterocycles. The second-order valence-electron chi connectivity index (χ2n) is 6.96. The van der Waals surface area contributed by atoms with E-state index in [4.69, 9.17) is 4.74 Å². The Bertz CT molecular complexity index is 727. The number of H-pyrrole nitrogens is 1. The molecule has 2 amide bonds. The summed E-state index contributed by atoms with van der Waals surface area (Å²) in [5, 5.41) is 12.9. The molecule has 2 fully saturated rings. The van der Waals surface area contributed by atoms with E-state index >= 15 is 0 Å². The Hall–Kier alpha value is -2.38. The van der Waals surface area contributed by atoms with Gasteiger partial charge in [-0.1, -0.05) is 18.6 Å². The highest BCUT2D eigenvalue weighted by molar-refractivity contribution is 5.90. The van der Waals surface area contributed by atoms with Gasteiger partial charge in [0.15, 0.2) is 0 Å². The third-order valence-electron chi connectivity index (χ3n) is 5.16. The van der Waals surface area contributed by atoms with Gasteiger partial charge in [0.25, 0.3) is 0 Å². The van der Waals surface area contributed by atoms with Gasteiger partial charge in [-0.2, -0.15) is 5.10 Å². The number of nitrogens with one attached hydrogen (secondary N) is 3. The van der Waals surface area contributed by atoms with Crippen molar-refractivity contribution in [3.63, 3.8) is 0 Å². The zero-order valence-electron chi connectivity index (χ0n) is 14.8. The molecule has 2 atom stereocenters. The third-order valence-corrected chi connectivity index (χ3v) is 5.16. The van der Waals surface area contributed by atoms with Crippen molar-refractivity contribution in [1.29, 1.82) is 0 Å². The normalized spacial score (nSPS) is 23.7. The van der Waals surface area contributed by atoms with Crippen molar-refractivity contribution >= 4 is 11.7 Å². The van der Waals surface area contributed by atoms with Crippen molar-refractivity contribution in [2.24, 2.45) is 0 Å². The predicted molar refractivity (Wildman–Crippen MR) is 100.0 cm³/mol. The molecule has 3 N–H and O–H groups in total. The lowest BCUT2D eigenvalue weighted by atomic mass is 10.1. The molecule has 2 aliphatic rings. The summed E-state index contributed by atoms with van der Waals surface area (Å²) in [5.41, 5.74) is 2.65. The summed E-state index contributed by atoms with van der Waals surface area (Å²) in [7, 11) is 0. The van der Waals surface area contributed by atoms with E-state index < -0.39 is 0 Å². The summed E-state index contributed by atoms with van der Waals surface area (Å²) >= 11 is 0. The average molecular weight is 355 g/mol. The van der Waals surface area contributed by atoms with E-state index in [-0.39, 0.29) is 18.1 Å². The number of aromatic nitrogens is 2. The molecule has 7 nitrogen and oxygen atoms in total. The molecule has 2 aromatic rings. The SMILES string of the molecule is O=C(Nc1cccc(-c2ccn[nH]2)c1)N[C@H]1COC[C@@H]1N1CCCCC1. The molecule has 0 saturated carbocycles. The molecule has 0 unspecified atom stereocenters. The van der Waals surface area contributed by atoms with Gasteiger partial charge < -0.3 is 15.4 Å². The van der Waals surface area contributed by atoms with Crippen LogP contribution in [-0.2, 0) is 4.74 Å². The maximum atomic E-state index is 12.5. The quantitative estimate of drug-likeness (QED) is 0.787. The maximum Gasteiger partial charge on any atom is 0.319 e. The molecule has 7 heteroatoms. The van der Waals surface area contributed by atoms with Crippen LogP contribution in [0.4, 0.5) is 10.5 Å². The number of aromatic amines is 1. The molecule has 26 heavy (non-hydrogen) atoms. The number of ether oxygens (including phenoxy) is 1. The zero-order chi connectivity index (χ0) is 17.8. The standard InChI is InChI=1S/C19H25N5O2/c25-19(21-15-6-4-5-14(11-15)16-7-8-20-23-16)22-17-12-26-13-18(17)24-9-2-1-3-10-24/h4-8,11,17-18H,1-3,9-10,12-13H2,(H,20,23)(H2,21,22,25)/t17-,18-/m0/s1. The number of anilines is 1. The first kappa shape index (κ1) is 17.1. The van der Waals surface area contributed by atoms with Crippen LogP contribution in [0.5, 0.6) is 0 Å². The van der Waals surface area contributed by atoms with E-state index in [1.807, 2.05) is 30.3 Å². The van der Waals surface area contributed by atoms with Crippen LogP contribution in [-0.4, -0.2) is 59.5 Å². The van der Waals surface area contributed by atoms with Crippen molar-refractivity contribution in [3.05, 3.63) is 36.5 Å². The Morgan fingerprint density at radius 1 is 1.19 bits per heavy atom. The third kappa shape index (κ3) is 3.89. The van der Waals surface area contributed by atoms with Crippen LogP contribution in [0.25, 0.3) is 11.3 Å². The van der Waals surface area contributed by atoms with Crippen LogP contribution in [0.1, 0.15) is 19.3 Å². The zero-order valence-corrected chi connectivity index (χ0v) is 14.8. The lowest BCUT2D eigenvalue weighted by molar-refractivity contribution is 0.125. The highest BCUT2D eigenvalue weighted by Crippen LogP contribution is 2.21. The van der Waals surface area contributed by atoms with E-state index in [0.717, 1.165) is 30.0 Å². The average Bonchev–Trinajstić information content (AvgIpc) is 3.34. The first-order valence-electron chi connectivity index (χ1n) is 9.29. The Labute approximate surface area is 153 Å². The highest BCUT2D eigenvalue weighted by Gasteiger charge is 2.34. The number of amides is 2. The fourth-order valence-electron chi connectivity index (χ4n) is 3.81. The van der Waals surface area contributed by atoms with Crippen LogP contribution in [0.15, 0.2) is 36.5 Å². The number of carbonyl (C=O) groups is 1. The van der Waals surface area contributed by atoms with Gasteiger partial charge in [-0.25, -0.2) is 4.79 Å². The number of nitrogens with zero attached hydrogens (tertiary/aromatic N) is 2. The second-order valence-corrected chi connectivity index (χ2v) is 6.96. The number of piperidine rings is 1. The van der Waals surface area contributed by atoms with Gasteiger partial charge in [0.05, 0.1) is 31.0 Å². The summed E-state index contributed by atoms with van der Waals surface area (Å²) in [6, 6.07) is 9.73. The van der Waals surface area contributed by atoms with Gasteiger partial charge in [0.1, 0.15) is 0 Å². The van der Waals surface area contributed by atoms with Gasteiger partial charge in [-0.15, -0.1) is 0 Å². The number of likely N-dealkylation sites (tertiary alicyclic amines) is 1. The van der Waals surface area contributed by atoms with Crippen LogP contribution in [0.2, 0.25) is 0 Å². The second kappa shape index (κ2) is 7.88. The number of hydrogen-bond donors (Lipinski definition) is 3. The summed E-state index contributed by atoms with van der Waals surface area (Å²) in [6.07, 6.45) is 5.48.